The Morgan fingerprint density at radius 1 is 1.37 bits per heavy atom. The van der Waals surface area contributed by atoms with Crippen molar-refractivity contribution in [2.45, 2.75) is 17.9 Å². The Kier molecular flexibility index (Phi) is 7.62. The molecule has 0 bridgehead atoms. The molecule has 108 valence electrons. The van der Waals surface area contributed by atoms with Crippen LogP contribution < -0.4 is 10.5 Å². The van der Waals surface area contributed by atoms with Crippen LogP contribution in [0.1, 0.15) is 6.92 Å². The van der Waals surface area contributed by atoms with E-state index < -0.39 is 22.0 Å². The molecule has 1 aromatic carbocycles. The van der Waals surface area contributed by atoms with Crippen molar-refractivity contribution in [1.82, 2.24) is 4.72 Å². The quantitative estimate of drug-likeness (QED) is 0.735. The number of sulfonamides is 1. The molecule has 3 N–H and O–H groups in total. The molecule has 19 heavy (non-hydrogen) atoms. The lowest BCUT2D eigenvalue weighted by molar-refractivity contribution is -0.144. The summed E-state index contributed by atoms with van der Waals surface area (Å²) in [6.45, 7) is 1.64. The molecule has 0 aliphatic carbocycles. The number of hydrogen-bond acceptors (Lipinski definition) is 5. The Labute approximate surface area is 118 Å². The number of nitrogens with two attached hydrogens (primary N) is 1. The zero-order valence-electron chi connectivity index (χ0n) is 10.4. The van der Waals surface area contributed by atoms with Crippen molar-refractivity contribution in [2.75, 3.05) is 13.2 Å². The minimum atomic E-state index is -3.77. The summed E-state index contributed by atoms with van der Waals surface area (Å²) in [6.07, 6.45) is 0. The van der Waals surface area contributed by atoms with Gasteiger partial charge >= 0.3 is 5.97 Å². The maximum absolute atomic E-state index is 11.9. The summed E-state index contributed by atoms with van der Waals surface area (Å²) in [7, 11) is -3.77. The zero-order valence-corrected chi connectivity index (χ0v) is 12.0. The summed E-state index contributed by atoms with van der Waals surface area (Å²) in [4.78, 5) is 11.5. The van der Waals surface area contributed by atoms with E-state index in [2.05, 4.69) is 4.72 Å². The van der Waals surface area contributed by atoms with Gasteiger partial charge in [-0.05, 0) is 19.1 Å². The Morgan fingerprint density at radius 2 is 1.95 bits per heavy atom. The van der Waals surface area contributed by atoms with Crippen LogP contribution in [0.25, 0.3) is 0 Å². The molecule has 0 fully saturated rings. The van der Waals surface area contributed by atoms with E-state index in [1.807, 2.05) is 0 Å². The normalized spacial score (nSPS) is 12.3. The Bertz CT molecular complexity index is 493. The lowest BCUT2D eigenvalue weighted by Crippen LogP contribution is -2.46. The number of esters is 1. The van der Waals surface area contributed by atoms with Crippen molar-refractivity contribution in [3.8, 4) is 0 Å². The molecular formula is C11H17ClN2O4S. The van der Waals surface area contributed by atoms with Crippen molar-refractivity contribution in [2.24, 2.45) is 5.73 Å². The predicted octanol–water partition coefficient (Wildman–Crippen LogP) is 0.277. The van der Waals surface area contributed by atoms with Gasteiger partial charge in [-0.25, -0.2) is 8.42 Å². The van der Waals surface area contributed by atoms with Gasteiger partial charge in [-0.1, -0.05) is 18.2 Å². The van der Waals surface area contributed by atoms with E-state index in [0.29, 0.717) is 0 Å². The number of benzene rings is 1. The number of rotatable bonds is 6. The number of carbonyl (C=O) groups is 1. The highest BCUT2D eigenvalue weighted by Gasteiger charge is 2.25. The van der Waals surface area contributed by atoms with Crippen LogP contribution in [0.5, 0.6) is 0 Å². The number of carbonyl (C=O) groups excluding carboxylic acids is 1. The first-order chi connectivity index (χ1) is 8.51. The van der Waals surface area contributed by atoms with Crippen molar-refractivity contribution in [1.29, 1.82) is 0 Å². The molecule has 1 rings (SSSR count). The monoisotopic (exact) mass is 308 g/mol. The summed E-state index contributed by atoms with van der Waals surface area (Å²) in [6, 6.07) is 6.68. The molecule has 0 saturated heterocycles. The molecule has 0 aliphatic heterocycles. The maximum Gasteiger partial charge on any atom is 0.325 e. The predicted molar refractivity (Wildman–Crippen MR) is 73.5 cm³/mol. The molecule has 6 nitrogen and oxygen atoms in total. The van der Waals surface area contributed by atoms with Crippen LogP contribution in [-0.4, -0.2) is 33.6 Å². The van der Waals surface area contributed by atoms with Crippen molar-refractivity contribution in [3.05, 3.63) is 30.3 Å². The standard InChI is InChI=1S/C11H16N2O4S.ClH/c1-2-17-11(14)10(8-12)13-18(15,16)9-6-4-3-5-7-9;/h3-7,10,13H,2,8,12H2,1H3;1H/t10-;/m0./s1. The molecule has 0 radical (unpaired) electrons. The van der Waals surface area contributed by atoms with Crippen molar-refractivity contribution in [3.63, 3.8) is 0 Å². The maximum atomic E-state index is 11.9. The Hall–Kier alpha value is -1.15. The van der Waals surface area contributed by atoms with Gasteiger partial charge in [0.1, 0.15) is 6.04 Å². The van der Waals surface area contributed by atoms with Crippen LogP contribution in [0.15, 0.2) is 35.2 Å². The van der Waals surface area contributed by atoms with Crippen molar-refractivity contribution >= 4 is 28.4 Å². The minimum absolute atomic E-state index is 0. The highest BCUT2D eigenvalue weighted by Crippen LogP contribution is 2.08. The SMILES string of the molecule is CCOC(=O)[C@H](CN)NS(=O)(=O)c1ccccc1.Cl. The molecule has 8 heteroatoms. The number of hydrogen-bond donors (Lipinski definition) is 2. The highest BCUT2D eigenvalue weighted by atomic mass is 35.5. The summed E-state index contributed by atoms with van der Waals surface area (Å²) in [5.74, 6) is -0.681. The van der Waals surface area contributed by atoms with Gasteiger partial charge < -0.3 is 10.5 Å². The van der Waals surface area contributed by atoms with Crippen LogP contribution in [0.2, 0.25) is 0 Å². The van der Waals surface area contributed by atoms with Gasteiger partial charge in [0.25, 0.3) is 0 Å². The number of nitrogens with one attached hydrogen (secondary N) is 1. The minimum Gasteiger partial charge on any atom is -0.465 e. The first kappa shape index (κ1) is 17.8. The molecular weight excluding hydrogens is 292 g/mol. The van der Waals surface area contributed by atoms with Crippen LogP contribution >= 0.6 is 12.4 Å². The summed E-state index contributed by atoms with van der Waals surface area (Å²) < 4.78 is 30.8. The second kappa shape index (κ2) is 8.11. The summed E-state index contributed by atoms with van der Waals surface area (Å²) in [5.41, 5.74) is 5.36. The largest absolute Gasteiger partial charge is 0.465 e. The van der Waals surface area contributed by atoms with E-state index in [-0.39, 0.29) is 30.5 Å². The zero-order chi connectivity index (χ0) is 13.6. The number of ether oxygens (including phenoxy) is 1. The van der Waals surface area contributed by atoms with Gasteiger partial charge in [-0.3, -0.25) is 4.79 Å². The Balaban J connectivity index is 0.00000324. The second-order valence-electron chi connectivity index (χ2n) is 3.47. The average molecular weight is 309 g/mol. The third kappa shape index (κ3) is 5.15. The molecule has 0 amide bonds. The van der Waals surface area contributed by atoms with Crippen LogP contribution in [0.3, 0.4) is 0 Å². The molecule has 0 heterocycles. The van der Waals surface area contributed by atoms with Crippen LogP contribution in [0, 0.1) is 0 Å². The molecule has 0 spiro atoms. The van der Waals surface area contributed by atoms with Gasteiger partial charge in [-0.2, -0.15) is 4.72 Å². The lowest BCUT2D eigenvalue weighted by atomic mass is 10.3. The first-order valence-corrected chi connectivity index (χ1v) is 6.93. The number of halogens is 1. The van der Waals surface area contributed by atoms with Crippen LogP contribution in [0.4, 0.5) is 0 Å². The van der Waals surface area contributed by atoms with Crippen molar-refractivity contribution < 1.29 is 17.9 Å². The van der Waals surface area contributed by atoms with Gasteiger partial charge in [-0.15, -0.1) is 12.4 Å². The smallest absolute Gasteiger partial charge is 0.325 e. The first-order valence-electron chi connectivity index (χ1n) is 5.45. The van der Waals surface area contributed by atoms with E-state index in [0.717, 1.165) is 0 Å². The molecule has 0 saturated carbocycles. The fraction of sp³-hybridized carbons (Fsp3) is 0.364. The third-order valence-corrected chi connectivity index (χ3v) is 3.65. The molecule has 0 aliphatic rings. The lowest BCUT2D eigenvalue weighted by Gasteiger charge is -2.15. The summed E-state index contributed by atoms with van der Waals surface area (Å²) in [5, 5.41) is 0. The second-order valence-corrected chi connectivity index (χ2v) is 5.19. The molecule has 1 aromatic rings. The third-order valence-electron chi connectivity index (χ3n) is 2.16. The fourth-order valence-corrected chi connectivity index (χ4v) is 2.51. The van der Waals surface area contributed by atoms with E-state index in [1.165, 1.54) is 12.1 Å². The van der Waals surface area contributed by atoms with E-state index in [9.17, 15) is 13.2 Å². The highest BCUT2D eigenvalue weighted by molar-refractivity contribution is 7.89. The van der Waals surface area contributed by atoms with Gasteiger partial charge in [0.2, 0.25) is 10.0 Å². The average Bonchev–Trinajstić information content (AvgIpc) is 2.37. The topological polar surface area (TPSA) is 98.5 Å². The molecule has 0 aromatic heterocycles. The van der Waals surface area contributed by atoms with Gasteiger partial charge in [0.05, 0.1) is 11.5 Å². The fourth-order valence-electron chi connectivity index (χ4n) is 1.29. The summed E-state index contributed by atoms with van der Waals surface area (Å²) >= 11 is 0. The van der Waals surface area contributed by atoms with E-state index in [4.69, 9.17) is 10.5 Å². The molecule has 1 atom stereocenters. The van der Waals surface area contributed by atoms with Crippen LogP contribution in [-0.2, 0) is 19.6 Å². The van der Waals surface area contributed by atoms with E-state index >= 15 is 0 Å². The van der Waals surface area contributed by atoms with E-state index in [1.54, 1.807) is 25.1 Å². The molecule has 0 unspecified atom stereocenters. The van der Waals surface area contributed by atoms with Gasteiger partial charge in [0.15, 0.2) is 0 Å². The Morgan fingerprint density at radius 3 is 2.42 bits per heavy atom. The van der Waals surface area contributed by atoms with Gasteiger partial charge in [0, 0.05) is 6.54 Å².